The van der Waals surface area contributed by atoms with Crippen LogP contribution in [0.1, 0.15) is 36.2 Å². The number of imide groups is 1. The fourth-order valence-electron chi connectivity index (χ4n) is 5.67. The van der Waals surface area contributed by atoms with Gasteiger partial charge in [0.15, 0.2) is 0 Å². The van der Waals surface area contributed by atoms with Crippen LogP contribution in [0.15, 0.2) is 48.5 Å². The van der Waals surface area contributed by atoms with Crippen LogP contribution in [0.5, 0.6) is 5.75 Å². The highest BCUT2D eigenvalue weighted by Crippen LogP contribution is 2.47. The average molecular weight is 491 g/mol. The Bertz CT molecular complexity index is 1260. The molecule has 1 fully saturated rings. The van der Waals surface area contributed by atoms with Gasteiger partial charge in [0.05, 0.1) is 19.8 Å². The predicted octanol–water partition coefficient (Wildman–Crippen LogP) is 3.67. The average Bonchev–Trinajstić information content (AvgIpc) is 3.33. The Morgan fingerprint density at radius 2 is 1.92 bits per heavy atom. The zero-order chi connectivity index (χ0) is 25.3. The first kappa shape index (κ1) is 24.3. The first-order valence-corrected chi connectivity index (χ1v) is 12.5. The zero-order valence-electron chi connectivity index (χ0n) is 21.2. The van der Waals surface area contributed by atoms with E-state index in [-0.39, 0.29) is 18.0 Å². The number of ether oxygens (including phenoxy) is 2. The molecule has 0 aliphatic carbocycles. The van der Waals surface area contributed by atoms with Crippen LogP contribution in [0.3, 0.4) is 0 Å². The lowest BCUT2D eigenvalue weighted by Crippen LogP contribution is -2.53. The zero-order valence-corrected chi connectivity index (χ0v) is 21.2. The molecule has 0 spiro atoms. The highest BCUT2D eigenvalue weighted by molar-refractivity contribution is 6.08. The molecule has 3 amide bonds. The van der Waals surface area contributed by atoms with Crippen LogP contribution in [0, 0.1) is 0 Å². The van der Waals surface area contributed by atoms with Crippen LogP contribution in [-0.4, -0.2) is 72.7 Å². The van der Waals surface area contributed by atoms with E-state index in [2.05, 4.69) is 22.4 Å². The Morgan fingerprint density at radius 1 is 1.11 bits per heavy atom. The molecule has 8 heteroatoms. The number of urea groups is 1. The third-order valence-electron chi connectivity index (χ3n) is 7.48. The summed E-state index contributed by atoms with van der Waals surface area (Å²) in [6, 6.07) is 15.6. The molecular weight excluding hydrogens is 456 g/mol. The molecule has 3 heterocycles. The normalized spacial score (nSPS) is 21.2. The molecule has 2 aromatic carbocycles. The number of methoxy groups -OCH3 is 2. The smallest absolute Gasteiger partial charge is 0.328 e. The van der Waals surface area contributed by atoms with Gasteiger partial charge in [-0.25, -0.2) is 4.79 Å². The molecule has 0 radical (unpaired) electrons. The molecule has 2 aliphatic heterocycles. The molecule has 2 N–H and O–H groups in total. The van der Waals surface area contributed by atoms with Crippen molar-refractivity contribution < 1.29 is 19.1 Å². The van der Waals surface area contributed by atoms with Gasteiger partial charge < -0.3 is 24.7 Å². The maximum Gasteiger partial charge on any atom is 0.328 e. The SMILES string of the molecule is COCCNCCCN1C(=O)N2C(Cc3ccccc3)c3[nH]c4ccc(OC)cc4c3C[C@@]2(C)C1=O. The number of carbonyl (C=O) groups is 2. The van der Waals surface area contributed by atoms with Gasteiger partial charge in [0.25, 0.3) is 5.91 Å². The Balaban J connectivity index is 1.50. The van der Waals surface area contributed by atoms with E-state index in [1.807, 2.05) is 48.2 Å². The fraction of sp³-hybridized carbons (Fsp3) is 0.429. The van der Waals surface area contributed by atoms with E-state index in [1.54, 1.807) is 14.2 Å². The minimum atomic E-state index is -0.939. The maximum absolute atomic E-state index is 13.8. The van der Waals surface area contributed by atoms with Crippen molar-refractivity contribution in [2.24, 2.45) is 0 Å². The number of aromatic amines is 1. The van der Waals surface area contributed by atoms with Crippen molar-refractivity contribution in [3.63, 3.8) is 0 Å². The van der Waals surface area contributed by atoms with Crippen molar-refractivity contribution in [3.8, 4) is 5.75 Å². The van der Waals surface area contributed by atoms with E-state index in [0.717, 1.165) is 40.0 Å². The second-order valence-electron chi connectivity index (χ2n) is 9.79. The van der Waals surface area contributed by atoms with Gasteiger partial charge in [-0.05, 0) is 55.6 Å². The second kappa shape index (κ2) is 9.95. The number of H-pyrrole nitrogens is 1. The summed E-state index contributed by atoms with van der Waals surface area (Å²) in [5.41, 5.74) is 3.26. The quantitative estimate of drug-likeness (QED) is 0.335. The molecule has 8 nitrogen and oxygen atoms in total. The first-order chi connectivity index (χ1) is 17.5. The fourth-order valence-corrected chi connectivity index (χ4v) is 5.67. The summed E-state index contributed by atoms with van der Waals surface area (Å²) in [4.78, 5) is 34.5. The summed E-state index contributed by atoms with van der Waals surface area (Å²) in [7, 11) is 3.32. The second-order valence-corrected chi connectivity index (χ2v) is 9.79. The molecule has 1 unspecified atom stereocenters. The minimum absolute atomic E-state index is 0.120. The molecular formula is C28H34N4O4. The lowest BCUT2D eigenvalue weighted by molar-refractivity contribution is -0.133. The monoisotopic (exact) mass is 490 g/mol. The molecule has 2 atom stereocenters. The van der Waals surface area contributed by atoms with E-state index in [9.17, 15) is 9.59 Å². The van der Waals surface area contributed by atoms with Gasteiger partial charge in [-0.2, -0.15) is 0 Å². The van der Waals surface area contributed by atoms with Crippen molar-refractivity contribution >= 4 is 22.8 Å². The standard InChI is InChI=1S/C28H34N4O4/c1-28-18-22-21-17-20(36-3)10-11-23(21)30-25(22)24(16-19-8-5-4-6-9-19)32(28)27(34)31(26(28)33)14-7-12-29-13-15-35-2/h4-6,8-11,17,24,29-30H,7,12-16,18H2,1-3H3/t24?,28-/m0/s1. The maximum atomic E-state index is 13.8. The van der Waals surface area contributed by atoms with E-state index in [0.29, 0.717) is 39.0 Å². The van der Waals surface area contributed by atoms with Gasteiger partial charge in [0, 0.05) is 43.2 Å². The summed E-state index contributed by atoms with van der Waals surface area (Å²) >= 11 is 0. The van der Waals surface area contributed by atoms with Crippen molar-refractivity contribution in [2.45, 2.75) is 37.8 Å². The first-order valence-electron chi connectivity index (χ1n) is 12.5. The Kier molecular flexibility index (Phi) is 6.73. The summed E-state index contributed by atoms with van der Waals surface area (Å²) in [5, 5.41) is 4.34. The molecule has 1 aromatic heterocycles. The Hall–Kier alpha value is -3.36. The van der Waals surface area contributed by atoms with Crippen molar-refractivity contribution in [3.05, 3.63) is 65.4 Å². The van der Waals surface area contributed by atoms with Crippen molar-refractivity contribution in [2.75, 3.05) is 40.5 Å². The van der Waals surface area contributed by atoms with Crippen LogP contribution >= 0.6 is 0 Å². The van der Waals surface area contributed by atoms with Crippen molar-refractivity contribution in [1.82, 2.24) is 20.1 Å². The largest absolute Gasteiger partial charge is 0.497 e. The van der Waals surface area contributed by atoms with Crippen LogP contribution < -0.4 is 10.1 Å². The van der Waals surface area contributed by atoms with E-state index in [1.165, 1.54) is 4.90 Å². The molecule has 2 aliphatic rings. The minimum Gasteiger partial charge on any atom is -0.497 e. The number of hydrogen-bond acceptors (Lipinski definition) is 5. The Morgan fingerprint density at radius 3 is 2.67 bits per heavy atom. The lowest BCUT2D eigenvalue weighted by Gasteiger charge is -2.42. The van der Waals surface area contributed by atoms with Gasteiger partial charge in [-0.3, -0.25) is 9.69 Å². The molecule has 3 aromatic rings. The molecule has 36 heavy (non-hydrogen) atoms. The van der Waals surface area contributed by atoms with Crippen LogP contribution in [0.2, 0.25) is 0 Å². The number of nitrogens with zero attached hydrogens (tertiary/aromatic N) is 2. The summed E-state index contributed by atoms with van der Waals surface area (Å²) < 4.78 is 10.5. The third-order valence-corrected chi connectivity index (χ3v) is 7.48. The number of carbonyl (C=O) groups excluding carboxylic acids is 2. The number of rotatable bonds is 10. The highest BCUT2D eigenvalue weighted by Gasteiger charge is 2.59. The van der Waals surface area contributed by atoms with E-state index < -0.39 is 5.54 Å². The molecule has 5 rings (SSSR count). The van der Waals surface area contributed by atoms with Crippen molar-refractivity contribution in [1.29, 1.82) is 0 Å². The van der Waals surface area contributed by atoms with Gasteiger partial charge >= 0.3 is 6.03 Å². The van der Waals surface area contributed by atoms with Gasteiger partial charge in [-0.1, -0.05) is 30.3 Å². The van der Waals surface area contributed by atoms with Crippen LogP contribution in [0.25, 0.3) is 10.9 Å². The van der Waals surface area contributed by atoms with Gasteiger partial charge in [-0.15, -0.1) is 0 Å². The van der Waals surface area contributed by atoms with E-state index >= 15 is 0 Å². The molecule has 0 saturated carbocycles. The summed E-state index contributed by atoms with van der Waals surface area (Å²) in [5.74, 6) is 0.651. The van der Waals surface area contributed by atoms with Gasteiger partial charge in [0.2, 0.25) is 0 Å². The molecule has 0 bridgehead atoms. The predicted molar refractivity (Wildman–Crippen MR) is 138 cm³/mol. The Labute approximate surface area is 211 Å². The number of aromatic nitrogens is 1. The molecule has 1 saturated heterocycles. The highest BCUT2D eigenvalue weighted by atomic mass is 16.5. The van der Waals surface area contributed by atoms with E-state index in [4.69, 9.17) is 9.47 Å². The number of amides is 3. The van der Waals surface area contributed by atoms with Gasteiger partial charge in [0.1, 0.15) is 11.3 Å². The number of hydrogen-bond donors (Lipinski definition) is 2. The molecule has 190 valence electrons. The van der Waals surface area contributed by atoms with Crippen LogP contribution in [-0.2, 0) is 22.4 Å². The third kappa shape index (κ3) is 4.14. The summed E-state index contributed by atoms with van der Waals surface area (Å²) in [6.45, 7) is 4.40. The topological polar surface area (TPSA) is 86.9 Å². The van der Waals surface area contributed by atoms with Crippen LogP contribution in [0.4, 0.5) is 4.79 Å². The lowest BCUT2D eigenvalue weighted by atomic mass is 9.81. The number of benzene rings is 2. The number of nitrogens with one attached hydrogen (secondary N) is 2. The number of fused-ring (bicyclic) bond motifs is 4. The summed E-state index contributed by atoms with van der Waals surface area (Å²) in [6.07, 6.45) is 1.78.